The largest absolute Gasteiger partial charge is 0.354 e. The Balaban J connectivity index is 1.86. The van der Waals surface area contributed by atoms with E-state index in [2.05, 4.69) is 12.2 Å². The topological polar surface area (TPSA) is 49.4 Å². The minimum Gasteiger partial charge on any atom is -0.354 e. The molecular weight excluding hydrogens is 547 g/mol. The van der Waals surface area contributed by atoms with Crippen LogP contribution in [0.3, 0.4) is 0 Å². The van der Waals surface area contributed by atoms with E-state index in [1.807, 2.05) is 60.7 Å². The van der Waals surface area contributed by atoms with Crippen LogP contribution in [-0.2, 0) is 28.3 Å². The van der Waals surface area contributed by atoms with Gasteiger partial charge in [-0.3, -0.25) is 9.59 Å². The fourth-order valence-corrected chi connectivity index (χ4v) is 5.36. The van der Waals surface area contributed by atoms with Crippen molar-refractivity contribution in [1.82, 2.24) is 10.2 Å². The number of unbranched alkanes of at least 4 members (excludes halogenated alkanes) is 1. The average molecular weight is 578 g/mol. The van der Waals surface area contributed by atoms with Crippen LogP contribution in [0.5, 0.6) is 0 Å². The molecule has 0 saturated heterocycles. The standard InChI is InChI=1S/C29H31Cl3N2O2S/c1-2-3-15-33-29(36)27(17-21-9-5-4-6-10-21)34(18-22-13-14-25(31)26(32)16-22)28(35)20-37-19-23-11-7-8-12-24(23)30/h4-14,16,27H,2-3,15,17-20H2,1H3,(H,33,36). The van der Waals surface area contributed by atoms with E-state index in [4.69, 9.17) is 34.8 Å². The third-order valence-corrected chi connectivity index (χ3v) is 7.95. The Bertz CT molecular complexity index is 1180. The highest BCUT2D eigenvalue weighted by atomic mass is 35.5. The van der Waals surface area contributed by atoms with Gasteiger partial charge in [0.2, 0.25) is 11.8 Å². The van der Waals surface area contributed by atoms with Crippen LogP contribution in [0.4, 0.5) is 0 Å². The van der Waals surface area contributed by atoms with Crippen LogP contribution in [0.2, 0.25) is 15.1 Å². The SMILES string of the molecule is CCCCNC(=O)C(Cc1ccccc1)N(Cc1ccc(Cl)c(Cl)c1)C(=O)CSCc1ccccc1Cl. The van der Waals surface area contributed by atoms with Crippen molar-refractivity contribution in [1.29, 1.82) is 0 Å². The molecule has 0 spiro atoms. The number of carbonyl (C=O) groups excluding carboxylic acids is 2. The summed E-state index contributed by atoms with van der Waals surface area (Å²) < 4.78 is 0. The van der Waals surface area contributed by atoms with Crippen molar-refractivity contribution in [2.45, 2.75) is 44.5 Å². The number of halogens is 3. The van der Waals surface area contributed by atoms with E-state index in [0.717, 1.165) is 29.5 Å². The number of rotatable bonds is 13. The number of carbonyl (C=O) groups is 2. The summed E-state index contributed by atoms with van der Waals surface area (Å²) in [6, 6.07) is 22.0. The van der Waals surface area contributed by atoms with Crippen LogP contribution in [0.15, 0.2) is 72.8 Å². The average Bonchev–Trinajstić information content (AvgIpc) is 2.90. The smallest absolute Gasteiger partial charge is 0.243 e. The molecule has 3 aromatic carbocycles. The summed E-state index contributed by atoms with van der Waals surface area (Å²) in [4.78, 5) is 28.8. The summed E-state index contributed by atoms with van der Waals surface area (Å²) in [7, 11) is 0. The van der Waals surface area contributed by atoms with Crippen molar-refractivity contribution in [3.63, 3.8) is 0 Å². The molecule has 0 fully saturated rings. The van der Waals surface area contributed by atoms with Crippen LogP contribution in [0.1, 0.15) is 36.5 Å². The lowest BCUT2D eigenvalue weighted by Crippen LogP contribution is -2.51. The van der Waals surface area contributed by atoms with E-state index >= 15 is 0 Å². The maximum absolute atomic E-state index is 13.7. The first-order valence-corrected chi connectivity index (χ1v) is 14.5. The number of thioether (sulfide) groups is 1. The van der Waals surface area contributed by atoms with Gasteiger partial charge in [0.25, 0.3) is 0 Å². The summed E-state index contributed by atoms with van der Waals surface area (Å²) >= 11 is 20.2. The zero-order chi connectivity index (χ0) is 26.6. The number of benzene rings is 3. The first-order chi connectivity index (χ1) is 17.9. The molecule has 196 valence electrons. The number of amides is 2. The van der Waals surface area contributed by atoms with Crippen LogP contribution in [0.25, 0.3) is 0 Å². The molecular formula is C29H31Cl3N2O2S. The monoisotopic (exact) mass is 576 g/mol. The molecule has 0 bridgehead atoms. The fraction of sp³-hybridized carbons (Fsp3) is 0.310. The molecule has 0 aliphatic carbocycles. The summed E-state index contributed by atoms with van der Waals surface area (Å²) in [6.07, 6.45) is 2.24. The molecule has 8 heteroatoms. The second kappa shape index (κ2) is 15.3. The van der Waals surface area contributed by atoms with E-state index in [0.29, 0.717) is 33.8 Å². The first-order valence-electron chi connectivity index (χ1n) is 12.2. The van der Waals surface area contributed by atoms with Gasteiger partial charge in [0.15, 0.2) is 0 Å². The molecule has 1 unspecified atom stereocenters. The number of nitrogens with zero attached hydrogens (tertiary/aromatic N) is 1. The molecule has 3 rings (SSSR count). The summed E-state index contributed by atoms with van der Waals surface area (Å²) in [5, 5.41) is 4.55. The van der Waals surface area contributed by atoms with E-state index in [-0.39, 0.29) is 24.1 Å². The number of hydrogen-bond acceptors (Lipinski definition) is 3. The highest BCUT2D eigenvalue weighted by molar-refractivity contribution is 7.99. The molecule has 37 heavy (non-hydrogen) atoms. The number of nitrogens with one attached hydrogen (secondary N) is 1. The lowest BCUT2D eigenvalue weighted by atomic mass is 10.0. The lowest BCUT2D eigenvalue weighted by molar-refractivity contribution is -0.139. The van der Waals surface area contributed by atoms with Crippen molar-refractivity contribution < 1.29 is 9.59 Å². The van der Waals surface area contributed by atoms with E-state index in [1.54, 1.807) is 17.0 Å². The normalized spacial score (nSPS) is 11.7. The maximum atomic E-state index is 13.7. The Morgan fingerprint density at radius 1 is 0.892 bits per heavy atom. The van der Waals surface area contributed by atoms with Crippen molar-refractivity contribution in [2.75, 3.05) is 12.3 Å². The van der Waals surface area contributed by atoms with Crippen molar-refractivity contribution >= 4 is 58.4 Å². The van der Waals surface area contributed by atoms with Gasteiger partial charge in [0.1, 0.15) is 6.04 Å². The molecule has 2 amide bonds. The van der Waals surface area contributed by atoms with E-state index < -0.39 is 6.04 Å². The third-order valence-electron chi connectivity index (χ3n) is 5.88. The number of hydrogen-bond donors (Lipinski definition) is 1. The summed E-state index contributed by atoms with van der Waals surface area (Å²) in [5.41, 5.74) is 2.75. The van der Waals surface area contributed by atoms with Gasteiger partial charge in [-0.1, -0.05) is 103 Å². The highest BCUT2D eigenvalue weighted by Gasteiger charge is 2.30. The van der Waals surface area contributed by atoms with Gasteiger partial charge < -0.3 is 10.2 Å². The van der Waals surface area contributed by atoms with Gasteiger partial charge >= 0.3 is 0 Å². The zero-order valence-electron chi connectivity index (χ0n) is 20.8. The predicted molar refractivity (Wildman–Crippen MR) is 156 cm³/mol. The Kier molecular flexibility index (Phi) is 12.1. The molecule has 1 N–H and O–H groups in total. The van der Waals surface area contributed by atoms with Gasteiger partial charge in [-0.05, 0) is 41.3 Å². The van der Waals surface area contributed by atoms with Crippen LogP contribution in [0, 0.1) is 0 Å². The quantitative estimate of drug-likeness (QED) is 0.215. The molecule has 3 aromatic rings. The zero-order valence-corrected chi connectivity index (χ0v) is 23.8. The van der Waals surface area contributed by atoms with Crippen LogP contribution < -0.4 is 5.32 Å². The Morgan fingerprint density at radius 3 is 2.32 bits per heavy atom. The minimum absolute atomic E-state index is 0.130. The van der Waals surface area contributed by atoms with Gasteiger partial charge in [-0.15, -0.1) is 11.8 Å². The summed E-state index contributed by atoms with van der Waals surface area (Å²) in [5.74, 6) is 0.509. The van der Waals surface area contributed by atoms with Crippen molar-refractivity contribution in [2.24, 2.45) is 0 Å². The Hall–Kier alpha value is -2.18. The molecule has 1 atom stereocenters. The summed E-state index contributed by atoms with van der Waals surface area (Å²) in [6.45, 7) is 2.88. The molecule has 0 aliphatic rings. The van der Waals surface area contributed by atoms with E-state index in [1.165, 1.54) is 11.8 Å². The molecule has 4 nitrogen and oxygen atoms in total. The van der Waals surface area contributed by atoms with Crippen LogP contribution >= 0.6 is 46.6 Å². The Labute approximate surface area is 238 Å². The second-order valence-electron chi connectivity index (χ2n) is 8.70. The van der Waals surface area contributed by atoms with Gasteiger partial charge in [-0.25, -0.2) is 0 Å². The molecule has 0 saturated carbocycles. The Morgan fingerprint density at radius 2 is 1.62 bits per heavy atom. The van der Waals surface area contributed by atoms with Crippen molar-refractivity contribution in [3.8, 4) is 0 Å². The minimum atomic E-state index is -0.679. The van der Waals surface area contributed by atoms with Gasteiger partial charge in [0, 0.05) is 30.3 Å². The second-order valence-corrected chi connectivity index (χ2v) is 10.9. The van der Waals surface area contributed by atoms with E-state index in [9.17, 15) is 9.59 Å². The molecule has 0 aliphatic heterocycles. The highest BCUT2D eigenvalue weighted by Crippen LogP contribution is 2.25. The lowest BCUT2D eigenvalue weighted by Gasteiger charge is -2.31. The first kappa shape index (κ1) is 29.4. The van der Waals surface area contributed by atoms with Gasteiger partial charge in [0.05, 0.1) is 15.8 Å². The maximum Gasteiger partial charge on any atom is 0.243 e. The molecule has 0 aromatic heterocycles. The van der Waals surface area contributed by atoms with Crippen molar-refractivity contribution in [3.05, 3.63) is 105 Å². The van der Waals surface area contributed by atoms with Crippen LogP contribution in [-0.4, -0.2) is 35.1 Å². The molecule has 0 heterocycles. The predicted octanol–water partition coefficient (Wildman–Crippen LogP) is 7.44. The van der Waals surface area contributed by atoms with Gasteiger partial charge in [-0.2, -0.15) is 0 Å². The molecule has 0 radical (unpaired) electrons. The fourth-order valence-electron chi connectivity index (χ4n) is 3.84. The third kappa shape index (κ3) is 9.26.